The van der Waals surface area contributed by atoms with Crippen molar-refractivity contribution in [3.05, 3.63) is 137 Å². The van der Waals surface area contributed by atoms with Gasteiger partial charge in [-0.05, 0) is 72.6 Å². The van der Waals surface area contributed by atoms with Gasteiger partial charge in [-0.2, -0.15) is 0 Å². The van der Waals surface area contributed by atoms with Crippen LogP contribution in [-0.4, -0.2) is 74.2 Å². The highest BCUT2D eigenvalue weighted by Gasteiger charge is 2.24. The molecule has 1 amide bonds. The zero-order valence-electron chi connectivity index (χ0n) is 29.2. The molecule has 1 aromatic heterocycles. The molecule has 4 aromatic carbocycles. The number of hydrogen-bond donors (Lipinski definition) is 2. The van der Waals surface area contributed by atoms with Gasteiger partial charge in [-0.3, -0.25) is 24.8 Å². The fourth-order valence-electron chi connectivity index (χ4n) is 6.07. The Kier molecular flexibility index (Phi) is 12.2. The Morgan fingerprint density at radius 1 is 0.925 bits per heavy atom. The van der Waals surface area contributed by atoms with Gasteiger partial charge in [-0.1, -0.05) is 42.5 Å². The van der Waals surface area contributed by atoms with Crippen LogP contribution in [0.2, 0.25) is 0 Å². The molecule has 274 valence electrons. The number of carbonyl (C=O) groups excluding carboxylic acids is 1. The van der Waals surface area contributed by atoms with Crippen LogP contribution in [0.3, 0.4) is 0 Å². The third-order valence-corrected chi connectivity index (χ3v) is 11.1. The lowest BCUT2D eigenvalue weighted by Gasteiger charge is -2.36. The molecule has 0 saturated carbocycles. The van der Waals surface area contributed by atoms with E-state index in [1.807, 2.05) is 61.7 Å². The summed E-state index contributed by atoms with van der Waals surface area (Å²) < 4.78 is 34.0. The first kappa shape index (κ1) is 37.3. The Hall–Kier alpha value is -5.44. The molecular weight excluding hydrogens is 713 g/mol. The minimum Gasteiger partial charge on any atom is -0.492 e. The highest BCUT2D eigenvalue weighted by atomic mass is 32.2. The zero-order chi connectivity index (χ0) is 37.2. The van der Waals surface area contributed by atoms with Crippen molar-refractivity contribution in [3.63, 3.8) is 0 Å². The summed E-state index contributed by atoms with van der Waals surface area (Å²) >= 11 is 1.59. The third kappa shape index (κ3) is 9.71. The van der Waals surface area contributed by atoms with E-state index < -0.39 is 26.5 Å². The highest BCUT2D eigenvalue weighted by molar-refractivity contribution is 7.99. The van der Waals surface area contributed by atoms with E-state index in [2.05, 4.69) is 37.0 Å². The van der Waals surface area contributed by atoms with Crippen molar-refractivity contribution in [1.29, 1.82) is 0 Å². The average molecular weight is 753 g/mol. The second kappa shape index (κ2) is 17.4. The second-order valence-corrected chi connectivity index (χ2v) is 15.1. The standard InChI is InChI=1S/C39H40N6O6S2/c1-2-51-33-24-31(26-40-27-33)36-11-7-6-8-30(36)28-43-19-21-44(22-20-43)32-14-12-29(13-15-32)39(46)42-53(49,50)35-16-17-37(38(25-35)45(47)48)41-18-23-52-34-9-4-3-5-10-34/h3-17,24-27,41H,2,18-23,28H2,1H3,(H,42,46). The number of ether oxygens (including phenoxy) is 1. The maximum atomic E-state index is 13.1. The number of nitro groups is 1. The largest absolute Gasteiger partial charge is 0.492 e. The SMILES string of the molecule is CCOc1cncc(-c2ccccc2CN2CCN(c3ccc(C(=O)NS(=O)(=O)c4ccc(NCCSc5ccccc5)c([N+](=O)[O-])c4)cc3)CC2)c1. The number of anilines is 2. The van der Waals surface area contributed by atoms with Gasteiger partial charge in [0.1, 0.15) is 11.4 Å². The van der Waals surface area contributed by atoms with Crippen molar-refractivity contribution in [2.75, 3.05) is 55.3 Å². The summed E-state index contributed by atoms with van der Waals surface area (Å²) in [6, 6.07) is 30.4. The van der Waals surface area contributed by atoms with Crippen LogP contribution < -0.4 is 19.7 Å². The fourth-order valence-corrected chi connectivity index (χ4v) is 7.85. The van der Waals surface area contributed by atoms with Gasteiger partial charge < -0.3 is 15.0 Å². The lowest BCUT2D eigenvalue weighted by atomic mass is 10.0. The Morgan fingerprint density at radius 3 is 2.40 bits per heavy atom. The smallest absolute Gasteiger partial charge is 0.293 e. The van der Waals surface area contributed by atoms with Crippen LogP contribution in [0.1, 0.15) is 22.8 Å². The van der Waals surface area contributed by atoms with Crippen LogP contribution in [0, 0.1) is 10.1 Å². The molecule has 0 aliphatic carbocycles. The number of amides is 1. The first-order valence-electron chi connectivity index (χ1n) is 17.2. The lowest BCUT2D eigenvalue weighted by Crippen LogP contribution is -2.46. The van der Waals surface area contributed by atoms with E-state index in [-0.39, 0.29) is 16.1 Å². The van der Waals surface area contributed by atoms with Gasteiger partial charge in [-0.25, -0.2) is 13.1 Å². The summed E-state index contributed by atoms with van der Waals surface area (Å²) in [4.78, 5) is 33.9. The molecule has 14 heteroatoms. The number of sulfonamides is 1. The summed E-state index contributed by atoms with van der Waals surface area (Å²) in [5.74, 6) is 0.559. The van der Waals surface area contributed by atoms with E-state index in [4.69, 9.17) is 4.74 Å². The average Bonchev–Trinajstić information content (AvgIpc) is 3.17. The summed E-state index contributed by atoms with van der Waals surface area (Å²) in [6.45, 7) is 6.95. The molecule has 1 aliphatic heterocycles. The van der Waals surface area contributed by atoms with Gasteiger partial charge in [0, 0.05) is 79.0 Å². The monoisotopic (exact) mass is 752 g/mol. The van der Waals surface area contributed by atoms with Gasteiger partial charge in [0.25, 0.3) is 21.6 Å². The molecule has 0 atom stereocenters. The Morgan fingerprint density at radius 2 is 1.66 bits per heavy atom. The number of pyridine rings is 1. The van der Waals surface area contributed by atoms with E-state index in [9.17, 15) is 23.3 Å². The molecule has 53 heavy (non-hydrogen) atoms. The molecule has 1 fully saturated rings. The van der Waals surface area contributed by atoms with Crippen LogP contribution in [-0.2, 0) is 16.6 Å². The van der Waals surface area contributed by atoms with Crippen LogP contribution in [0.4, 0.5) is 17.1 Å². The molecule has 0 bridgehead atoms. The quantitative estimate of drug-likeness (QED) is 0.0510. The van der Waals surface area contributed by atoms with Gasteiger partial charge in [0.2, 0.25) is 0 Å². The molecule has 2 N–H and O–H groups in total. The molecule has 12 nitrogen and oxygen atoms in total. The van der Waals surface area contributed by atoms with Gasteiger partial charge in [-0.15, -0.1) is 11.8 Å². The van der Waals surface area contributed by atoms with Crippen molar-refractivity contribution in [2.45, 2.75) is 23.3 Å². The number of nitrogens with zero attached hydrogens (tertiary/aromatic N) is 4. The predicted octanol–water partition coefficient (Wildman–Crippen LogP) is 6.70. The second-order valence-electron chi connectivity index (χ2n) is 12.3. The molecule has 0 spiro atoms. The summed E-state index contributed by atoms with van der Waals surface area (Å²) in [5, 5.41) is 14.8. The Balaban J connectivity index is 1.03. The molecule has 2 heterocycles. The number of nitro benzene ring substituents is 1. The van der Waals surface area contributed by atoms with Crippen LogP contribution in [0.25, 0.3) is 11.1 Å². The van der Waals surface area contributed by atoms with Crippen molar-refractivity contribution >= 4 is 44.8 Å². The van der Waals surface area contributed by atoms with Gasteiger partial charge >= 0.3 is 0 Å². The van der Waals surface area contributed by atoms with Crippen molar-refractivity contribution in [2.24, 2.45) is 0 Å². The van der Waals surface area contributed by atoms with E-state index in [1.165, 1.54) is 17.7 Å². The molecular formula is C39H40N6O6S2. The Bertz CT molecular complexity index is 2140. The van der Waals surface area contributed by atoms with Gasteiger partial charge in [0.15, 0.2) is 0 Å². The van der Waals surface area contributed by atoms with Crippen molar-refractivity contribution in [3.8, 4) is 16.9 Å². The summed E-state index contributed by atoms with van der Waals surface area (Å²) in [7, 11) is -4.39. The van der Waals surface area contributed by atoms with Crippen LogP contribution >= 0.6 is 11.8 Å². The number of nitrogens with one attached hydrogen (secondary N) is 2. The topological polar surface area (TPSA) is 147 Å². The first-order chi connectivity index (χ1) is 25.7. The number of carbonyl (C=O) groups is 1. The van der Waals surface area contributed by atoms with E-state index in [1.54, 1.807) is 42.2 Å². The van der Waals surface area contributed by atoms with Crippen LogP contribution in [0.5, 0.6) is 5.75 Å². The number of thioether (sulfide) groups is 1. The zero-order valence-corrected chi connectivity index (χ0v) is 30.8. The lowest BCUT2D eigenvalue weighted by molar-refractivity contribution is -0.384. The normalized spacial score (nSPS) is 13.3. The molecule has 0 radical (unpaired) electrons. The molecule has 5 aromatic rings. The van der Waals surface area contributed by atoms with E-state index in [0.717, 1.165) is 66.2 Å². The van der Waals surface area contributed by atoms with Crippen molar-refractivity contribution < 1.29 is 22.9 Å². The van der Waals surface area contributed by atoms with E-state index in [0.29, 0.717) is 18.9 Å². The number of rotatable bonds is 15. The molecule has 1 saturated heterocycles. The highest BCUT2D eigenvalue weighted by Crippen LogP contribution is 2.30. The van der Waals surface area contributed by atoms with Crippen LogP contribution in [0.15, 0.2) is 125 Å². The molecule has 0 unspecified atom stereocenters. The maximum Gasteiger partial charge on any atom is 0.293 e. The molecule has 1 aliphatic rings. The number of hydrogen-bond acceptors (Lipinski definition) is 11. The maximum absolute atomic E-state index is 13.1. The third-order valence-electron chi connectivity index (χ3n) is 8.75. The predicted molar refractivity (Wildman–Crippen MR) is 208 cm³/mol. The van der Waals surface area contributed by atoms with Gasteiger partial charge in [0.05, 0.1) is 22.6 Å². The fraction of sp³-hybridized carbons (Fsp3) is 0.231. The number of aromatic nitrogens is 1. The summed E-state index contributed by atoms with van der Waals surface area (Å²) in [5.41, 5.74) is 4.20. The summed E-state index contributed by atoms with van der Waals surface area (Å²) in [6.07, 6.45) is 3.58. The Labute approximate surface area is 313 Å². The first-order valence-corrected chi connectivity index (χ1v) is 19.7. The van der Waals surface area contributed by atoms with Crippen molar-refractivity contribution in [1.82, 2.24) is 14.6 Å². The minimum absolute atomic E-state index is 0.152. The number of piperazine rings is 1. The van der Waals surface area contributed by atoms with E-state index >= 15 is 0 Å². The molecule has 6 rings (SSSR count). The minimum atomic E-state index is -4.39. The number of benzene rings is 4.